The van der Waals surface area contributed by atoms with Gasteiger partial charge in [0.15, 0.2) is 0 Å². The van der Waals surface area contributed by atoms with Gasteiger partial charge in [0, 0.05) is 22.4 Å². The van der Waals surface area contributed by atoms with Crippen LogP contribution >= 0.6 is 27.5 Å². The number of pyridine rings is 1. The average Bonchev–Trinajstić information content (AvgIpc) is 2.46. The van der Waals surface area contributed by atoms with Crippen LogP contribution in [0.5, 0.6) is 5.75 Å². The summed E-state index contributed by atoms with van der Waals surface area (Å²) in [6, 6.07) is 7.59. The normalized spacial score (nSPS) is 12.2. The van der Waals surface area contributed by atoms with Crippen LogP contribution in [-0.2, 0) is 6.42 Å². The predicted octanol–water partition coefficient (Wildman–Crippen LogP) is 3.25. The summed E-state index contributed by atoms with van der Waals surface area (Å²) in [7, 11) is 1.64. The van der Waals surface area contributed by atoms with Gasteiger partial charge in [0.2, 0.25) is 0 Å². The highest BCUT2D eigenvalue weighted by molar-refractivity contribution is 9.10. The molecule has 0 aliphatic heterocycles. The minimum atomic E-state index is -0.109. The van der Waals surface area contributed by atoms with E-state index in [1.807, 2.05) is 24.3 Å². The quantitative estimate of drug-likeness (QED) is 0.638. The topological polar surface area (TPSA) is 60.2 Å². The van der Waals surface area contributed by atoms with Crippen LogP contribution in [0.25, 0.3) is 0 Å². The molecule has 0 aliphatic rings. The number of halogens is 2. The maximum Gasteiger partial charge on any atom is 0.123 e. The summed E-state index contributed by atoms with van der Waals surface area (Å²) in [6.45, 7) is 0. The van der Waals surface area contributed by atoms with Crippen LogP contribution in [0.1, 0.15) is 17.2 Å². The van der Waals surface area contributed by atoms with Crippen molar-refractivity contribution in [3.8, 4) is 5.75 Å². The number of aromatic nitrogens is 1. The van der Waals surface area contributed by atoms with Gasteiger partial charge in [0.05, 0.1) is 18.2 Å². The first-order valence-corrected chi connectivity index (χ1v) is 7.20. The van der Waals surface area contributed by atoms with Crippen molar-refractivity contribution in [3.63, 3.8) is 0 Å². The highest BCUT2D eigenvalue weighted by Crippen LogP contribution is 2.31. The Labute approximate surface area is 131 Å². The van der Waals surface area contributed by atoms with Gasteiger partial charge in [-0.1, -0.05) is 27.5 Å². The number of hydrogen-bond acceptors (Lipinski definition) is 4. The zero-order chi connectivity index (χ0) is 14.5. The SMILES string of the molecule is COc1ccc(Br)cc1C(Cc1ccncc1Cl)NN. The van der Waals surface area contributed by atoms with Gasteiger partial charge < -0.3 is 4.74 Å². The van der Waals surface area contributed by atoms with Crippen molar-refractivity contribution < 1.29 is 4.74 Å². The summed E-state index contributed by atoms with van der Waals surface area (Å²) in [5, 5.41) is 0.627. The van der Waals surface area contributed by atoms with E-state index in [0.29, 0.717) is 11.4 Å². The van der Waals surface area contributed by atoms with Crippen LogP contribution in [-0.4, -0.2) is 12.1 Å². The summed E-state index contributed by atoms with van der Waals surface area (Å²) in [6.07, 6.45) is 3.99. The maximum atomic E-state index is 6.15. The molecular formula is C14H15BrClN3O. The molecule has 1 atom stereocenters. The molecule has 2 aromatic rings. The standard InChI is InChI=1S/C14H15BrClN3O/c1-20-14-3-2-10(15)7-11(14)13(19-17)6-9-4-5-18-8-12(9)16/h2-5,7-8,13,19H,6,17H2,1H3. The van der Waals surface area contributed by atoms with Crippen molar-refractivity contribution in [1.29, 1.82) is 0 Å². The molecule has 2 rings (SSSR count). The molecule has 4 nitrogen and oxygen atoms in total. The highest BCUT2D eigenvalue weighted by Gasteiger charge is 2.17. The predicted molar refractivity (Wildman–Crippen MR) is 83.7 cm³/mol. The van der Waals surface area contributed by atoms with Crippen LogP contribution in [0, 0.1) is 0 Å². The van der Waals surface area contributed by atoms with Gasteiger partial charge in [-0.2, -0.15) is 0 Å². The second-order valence-corrected chi connectivity index (χ2v) is 5.60. The number of methoxy groups -OCH3 is 1. The lowest BCUT2D eigenvalue weighted by Crippen LogP contribution is -2.30. The largest absolute Gasteiger partial charge is 0.496 e. The van der Waals surface area contributed by atoms with E-state index < -0.39 is 0 Å². The third-order valence-electron chi connectivity index (χ3n) is 3.05. The van der Waals surface area contributed by atoms with Crippen LogP contribution in [0.3, 0.4) is 0 Å². The molecule has 3 N–H and O–H groups in total. The molecular weight excluding hydrogens is 342 g/mol. The van der Waals surface area contributed by atoms with Gasteiger partial charge in [-0.15, -0.1) is 0 Å². The molecule has 0 aliphatic carbocycles. The van der Waals surface area contributed by atoms with E-state index in [-0.39, 0.29) is 6.04 Å². The molecule has 0 bridgehead atoms. The van der Waals surface area contributed by atoms with Crippen molar-refractivity contribution in [1.82, 2.24) is 10.4 Å². The summed E-state index contributed by atoms with van der Waals surface area (Å²) < 4.78 is 6.36. The molecule has 0 saturated heterocycles. The molecule has 0 radical (unpaired) electrons. The lowest BCUT2D eigenvalue weighted by atomic mass is 9.99. The monoisotopic (exact) mass is 355 g/mol. The number of nitrogens with two attached hydrogens (primary N) is 1. The Morgan fingerprint density at radius 3 is 2.90 bits per heavy atom. The molecule has 1 aromatic carbocycles. The van der Waals surface area contributed by atoms with E-state index in [9.17, 15) is 0 Å². The van der Waals surface area contributed by atoms with Gasteiger partial charge in [-0.25, -0.2) is 0 Å². The molecule has 0 amide bonds. The first kappa shape index (κ1) is 15.3. The minimum Gasteiger partial charge on any atom is -0.496 e. The molecule has 6 heteroatoms. The van der Waals surface area contributed by atoms with E-state index in [2.05, 4.69) is 26.3 Å². The van der Waals surface area contributed by atoms with Crippen molar-refractivity contribution in [2.75, 3.05) is 7.11 Å². The molecule has 20 heavy (non-hydrogen) atoms. The molecule has 0 saturated carbocycles. The third kappa shape index (κ3) is 3.49. The Kier molecular flexibility index (Phi) is 5.37. The van der Waals surface area contributed by atoms with Gasteiger partial charge in [-0.05, 0) is 36.2 Å². The van der Waals surface area contributed by atoms with Gasteiger partial charge in [0.25, 0.3) is 0 Å². The second-order valence-electron chi connectivity index (χ2n) is 4.28. The zero-order valence-corrected chi connectivity index (χ0v) is 13.3. The van der Waals surface area contributed by atoms with E-state index in [1.165, 1.54) is 0 Å². The number of nitrogens with zero attached hydrogens (tertiary/aromatic N) is 1. The lowest BCUT2D eigenvalue weighted by molar-refractivity contribution is 0.399. The molecule has 0 spiro atoms. The van der Waals surface area contributed by atoms with Crippen molar-refractivity contribution >= 4 is 27.5 Å². The van der Waals surface area contributed by atoms with Gasteiger partial charge >= 0.3 is 0 Å². The third-order valence-corrected chi connectivity index (χ3v) is 3.88. The maximum absolute atomic E-state index is 6.15. The Hall–Kier alpha value is -1.14. The van der Waals surface area contributed by atoms with Crippen LogP contribution < -0.4 is 16.0 Å². The number of rotatable bonds is 5. The van der Waals surface area contributed by atoms with E-state index in [4.69, 9.17) is 22.2 Å². The Bertz CT molecular complexity index is 594. The number of hydrogen-bond donors (Lipinski definition) is 2. The summed E-state index contributed by atoms with van der Waals surface area (Å²) in [5.41, 5.74) is 4.76. The summed E-state index contributed by atoms with van der Waals surface area (Å²) in [4.78, 5) is 3.98. The highest BCUT2D eigenvalue weighted by atomic mass is 79.9. The van der Waals surface area contributed by atoms with Crippen LogP contribution in [0.2, 0.25) is 5.02 Å². The fourth-order valence-electron chi connectivity index (χ4n) is 2.03. The van der Waals surface area contributed by atoms with Crippen LogP contribution in [0.15, 0.2) is 41.1 Å². The number of nitrogens with one attached hydrogen (secondary N) is 1. The van der Waals surface area contributed by atoms with Crippen molar-refractivity contribution in [2.24, 2.45) is 5.84 Å². The molecule has 106 valence electrons. The van der Waals surface area contributed by atoms with E-state index in [1.54, 1.807) is 19.5 Å². The lowest BCUT2D eigenvalue weighted by Gasteiger charge is -2.20. The van der Waals surface area contributed by atoms with Gasteiger partial charge in [0.1, 0.15) is 5.75 Å². The fraction of sp³-hybridized carbons (Fsp3) is 0.214. The van der Waals surface area contributed by atoms with Crippen molar-refractivity contribution in [3.05, 3.63) is 57.3 Å². The van der Waals surface area contributed by atoms with E-state index >= 15 is 0 Å². The van der Waals surface area contributed by atoms with Gasteiger partial charge in [-0.3, -0.25) is 16.3 Å². The summed E-state index contributed by atoms with van der Waals surface area (Å²) >= 11 is 9.61. The molecule has 1 aromatic heterocycles. The van der Waals surface area contributed by atoms with E-state index in [0.717, 1.165) is 21.3 Å². The second kappa shape index (κ2) is 7.04. The Morgan fingerprint density at radius 1 is 1.45 bits per heavy atom. The Balaban J connectivity index is 2.33. The summed E-state index contributed by atoms with van der Waals surface area (Å²) in [5.74, 6) is 6.48. The average molecular weight is 357 g/mol. The first-order valence-electron chi connectivity index (χ1n) is 6.03. The number of hydrazine groups is 1. The zero-order valence-electron chi connectivity index (χ0n) is 10.9. The molecule has 1 unspecified atom stereocenters. The number of benzene rings is 1. The molecule has 0 fully saturated rings. The fourth-order valence-corrected chi connectivity index (χ4v) is 2.60. The Morgan fingerprint density at radius 2 is 2.25 bits per heavy atom. The first-order chi connectivity index (χ1) is 9.65. The molecule has 1 heterocycles. The van der Waals surface area contributed by atoms with Crippen molar-refractivity contribution in [2.45, 2.75) is 12.5 Å². The smallest absolute Gasteiger partial charge is 0.123 e. The number of ether oxygens (including phenoxy) is 1. The minimum absolute atomic E-state index is 0.109. The van der Waals surface area contributed by atoms with Crippen LogP contribution in [0.4, 0.5) is 0 Å².